The van der Waals surface area contributed by atoms with Crippen LogP contribution < -0.4 is 0 Å². The van der Waals surface area contributed by atoms with Gasteiger partial charge in [-0.05, 0) is 57.7 Å². The minimum absolute atomic E-state index is 0.0594. The van der Waals surface area contributed by atoms with Crippen LogP contribution in [-0.4, -0.2) is 75.4 Å². The van der Waals surface area contributed by atoms with Crippen molar-refractivity contribution in [3.63, 3.8) is 0 Å². The van der Waals surface area contributed by atoms with Crippen LogP contribution in [0, 0.1) is 0 Å². The fourth-order valence-corrected chi connectivity index (χ4v) is 5.20. The Morgan fingerprint density at radius 3 is 2.54 bits per heavy atom. The second-order valence-electron chi connectivity index (χ2n) is 7.09. The summed E-state index contributed by atoms with van der Waals surface area (Å²) in [7, 11) is 0.471. The molecule has 1 saturated heterocycles. The van der Waals surface area contributed by atoms with E-state index in [1.54, 1.807) is 22.5 Å². The van der Waals surface area contributed by atoms with Crippen LogP contribution in [0.5, 0.6) is 0 Å². The first-order valence-electron chi connectivity index (χ1n) is 9.03. The molecule has 0 N–H and O–H groups in total. The first kappa shape index (κ1) is 21.9. The van der Waals surface area contributed by atoms with Crippen molar-refractivity contribution in [2.45, 2.75) is 31.6 Å². The van der Waals surface area contributed by atoms with Crippen LogP contribution in [0.25, 0.3) is 0 Å². The van der Waals surface area contributed by atoms with Gasteiger partial charge in [-0.25, -0.2) is 8.42 Å². The summed E-state index contributed by atoms with van der Waals surface area (Å²) < 4.78 is 27.9. The Morgan fingerprint density at radius 1 is 1.19 bits per heavy atom. The maximum absolute atomic E-state index is 13.1. The Kier molecular flexibility index (Phi) is 8.19. The molecule has 0 aromatic heterocycles. The summed E-state index contributed by atoms with van der Waals surface area (Å²) in [4.78, 5) is 4.38. The van der Waals surface area contributed by atoms with Crippen molar-refractivity contribution in [1.29, 1.82) is 0 Å². The Balaban J connectivity index is 2.16. The van der Waals surface area contributed by atoms with Gasteiger partial charge in [0.1, 0.15) is 0 Å². The van der Waals surface area contributed by atoms with Crippen molar-refractivity contribution >= 4 is 33.2 Å². The van der Waals surface area contributed by atoms with Gasteiger partial charge in [-0.15, -0.1) is 0 Å². The SMILES string of the molecule is CCN1CCCC1CN(CCN(C)C)S(=O)(=O)Cc1ccc(Cl)c(Cl)c1. The zero-order valence-electron chi connectivity index (χ0n) is 15.8. The quantitative estimate of drug-likeness (QED) is 0.613. The molecule has 1 aromatic carbocycles. The second-order valence-corrected chi connectivity index (χ2v) is 9.87. The summed E-state index contributed by atoms with van der Waals surface area (Å²) in [6, 6.07) is 5.31. The van der Waals surface area contributed by atoms with E-state index in [-0.39, 0.29) is 5.75 Å². The van der Waals surface area contributed by atoms with Crippen molar-refractivity contribution in [2.24, 2.45) is 0 Å². The summed E-state index contributed by atoms with van der Waals surface area (Å²) in [5.41, 5.74) is 0.660. The normalized spacial score (nSPS) is 19.0. The van der Waals surface area contributed by atoms with E-state index in [0.717, 1.165) is 25.9 Å². The minimum Gasteiger partial charge on any atom is -0.308 e. The molecule has 0 radical (unpaired) electrons. The largest absolute Gasteiger partial charge is 0.308 e. The van der Waals surface area contributed by atoms with E-state index in [1.165, 1.54) is 0 Å². The van der Waals surface area contributed by atoms with Crippen LogP contribution in [0.4, 0.5) is 0 Å². The molecule has 0 amide bonds. The number of halogens is 2. The molecular weight excluding hydrogens is 393 g/mol. The molecule has 26 heavy (non-hydrogen) atoms. The number of sulfonamides is 1. The lowest BCUT2D eigenvalue weighted by molar-refractivity contribution is 0.219. The van der Waals surface area contributed by atoms with Gasteiger partial charge >= 0.3 is 0 Å². The van der Waals surface area contributed by atoms with Crippen LogP contribution in [0.3, 0.4) is 0 Å². The highest BCUT2D eigenvalue weighted by Gasteiger charge is 2.30. The molecule has 148 valence electrons. The number of nitrogens with zero attached hydrogens (tertiary/aromatic N) is 3. The molecule has 2 rings (SSSR count). The summed E-state index contributed by atoms with van der Waals surface area (Å²) >= 11 is 12.0. The lowest BCUT2D eigenvalue weighted by atomic mass is 10.2. The molecule has 0 spiro atoms. The molecule has 8 heteroatoms. The highest BCUT2D eigenvalue weighted by molar-refractivity contribution is 7.88. The van der Waals surface area contributed by atoms with Gasteiger partial charge in [-0.3, -0.25) is 4.90 Å². The molecular formula is C18H29Cl2N3O2S. The summed E-state index contributed by atoms with van der Waals surface area (Å²) in [6.45, 7) is 5.87. The molecule has 1 unspecified atom stereocenters. The number of hydrogen-bond donors (Lipinski definition) is 0. The van der Waals surface area contributed by atoms with Crippen LogP contribution in [0.15, 0.2) is 18.2 Å². The van der Waals surface area contributed by atoms with E-state index < -0.39 is 10.0 Å². The van der Waals surface area contributed by atoms with Gasteiger partial charge in [-0.2, -0.15) is 4.31 Å². The Morgan fingerprint density at radius 2 is 1.92 bits per heavy atom. The Bertz CT molecular complexity index is 698. The average molecular weight is 422 g/mol. The molecule has 5 nitrogen and oxygen atoms in total. The van der Waals surface area contributed by atoms with Crippen LogP contribution in [-0.2, 0) is 15.8 Å². The van der Waals surface area contributed by atoms with Gasteiger partial charge in [0.15, 0.2) is 0 Å². The molecule has 1 aliphatic heterocycles. The fraction of sp³-hybridized carbons (Fsp3) is 0.667. The van der Waals surface area contributed by atoms with Gasteiger partial charge < -0.3 is 4.90 Å². The average Bonchev–Trinajstić information content (AvgIpc) is 3.01. The standard InChI is InChI=1S/C18H29Cl2N3O2S/c1-4-22-9-5-6-16(22)13-23(11-10-21(2)3)26(24,25)14-15-7-8-17(19)18(20)12-15/h7-8,12,16H,4-6,9-11,13-14H2,1-3H3. The van der Waals surface area contributed by atoms with Crippen LogP contribution in [0.2, 0.25) is 10.0 Å². The van der Waals surface area contributed by atoms with Gasteiger partial charge in [0.2, 0.25) is 10.0 Å². The maximum Gasteiger partial charge on any atom is 0.218 e. The number of likely N-dealkylation sites (N-methyl/N-ethyl adjacent to an activating group) is 2. The lowest BCUT2D eigenvalue weighted by Crippen LogP contribution is -2.45. The molecule has 1 atom stereocenters. The monoisotopic (exact) mass is 421 g/mol. The molecule has 0 bridgehead atoms. The second kappa shape index (κ2) is 9.71. The van der Waals surface area contributed by atoms with Crippen molar-refractivity contribution in [3.8, 4) is 0 Å². The molecule has 0 saturated carbocycles. The van der Waals surface area contributed by atoms with Crippen LogP contribution >= 0.6 is 23.2 Å². The number of likely N-dealkylation sites (tertiary alicyclic amines) is 1. The zero-order valence-corrected chi connectivity index (χ0v) is 18.1. The molecule has 0 aliphatic carbocycles. The third kappa shape index (κ3) is 6.08. The van der Waals surface area contributed by atoms with E-state index in [0.29, 0.717) is 41.3 Å². The predicted octanol–water partition coefficient (Wildman–Crippen LogP) is 3.17. The zero-order chi connectivity index (χ0) is 19.3. The van der Waals surface area contributed by atoms with Crippen molar-refractivity contribution < 1.29 is 8.42 Å². The lowest BCUT2D eigenvalue weighted by Gasteiger charge is -2.30. The van der Waals surface area contributed by atoms with E-state index >= 15 is 0 Å². The molecule has 1 fully saturated rings. The van der Waals surface area contributed by atoms with Gasteiger partial charge in [0.25, 0.3) is 0 Å². The van der Waals surface area contributed by atoms with Gasteiger partial charge in [0.05, 0.1) is 15.8 Å². The highest BCUT2D eigenvalue weighted by Crippen LogP contribution is 2.25. The summed E-state index contributed by atoms with van der Waals surface area (Å²) in [6.07, 6.45) is 2.18. The maximum atomic E-state index is 13.1. The Hall–Kier alpha value is -0.370. The van der Waals surface area contributed by atoms with E-state index in [9.17, 15) is 8.42 Å². The van der Waals surface area contributed by atoms with Crippen molar-refractivity contribution in [3.05, 3.63) is 33.8 Å². The Labute approximate surface area is 167 Å². The predicted molar refractivity (Wildman–Crippen MR) is 109 cm³/mol. The minimum atomic E-state index is -3.44. The van der Waals surface area contributed by atoms with Crippen molar-refractivity contribution in [2.75, 3.05) is 46.8 Å². The third-order valence-corrected chi connectivity index (χ3v) is 7.40. The fourth-order valence-electron chi connectivity index (χ4n) is 3.34. The smallest absolute Gasteiger partial charge is 0.218 e. The summed E-state index contributed by atoms with van der Waals surface area (Å²) in [5, 5.41) is 0.814. The van der Waals surface area contributed by atoms with E-state index in [1.807, 2.05) is 19.0 Å². The third-order valence-electron chi connectivity index (χ3n) is 4.84. The number of hydrogen-bond acceptors (Lipinski definition) is 4. The number of rotatable bonds is 9. The van der Waals surface area contributed by atoms with Crippen LogP contribution in [0.1, 0.15) is 25.3 Å². The first-order valence-corrected chi connectivity index (χ1v) is 11.4. The van der Waals surface area contributed by atoms with Gasteiger partial charge in [0, 0.05) is 25.7 Å². The molecule has 1 heterocycles. The van der Waals surface area contributed by atoms with Crippen molar-refractivity contribution in [1.82, 2.24) is 14.1 Å². The highest BCUT2D eigenvalue weighted by atomic mass is 35.5. The molecule has 1 aromatic rings. The number of benzene rings is 1. The van der Waals surface area contributed by atoms with Gasteiger partial charge in [-0.1, -0.05) is 36.2 Å². The van der Waals surface area contributed by atoms with E-state index in [2.05, 4.69) is 11.8 Å². The first-order chi connectivity index (χ1) is 12.2. The topological polar surface area (TPSA) is 43.9 Å². The van der Waals surface area contributed by atoms with E-state index in [4.69, 9.17) is 23.2 Å². The molecule has 1 aliphatic rings. The summed E-state index contributed by atoms with van der Waals surface area (Å²) in [5.74, 6) is -0.0594.